The van der Waals surface area contributed by atoms with Crippen molar-refractivity contribution in [1.82, 2.24) is 9.62 Å². The van der Waals surface area contributed by atoms with Crippen molar-refractivity contribution >= 4 is 21.9 Å². The zero-order valence-corrected chi connectivity index (χ0v) is 14.6. The Morgan fingerprint density at radius 3 is 2.80 bits per heavy atom. The number of carboxylic acids is 1. The molecule has 3 rings (SSSR count). The molecule has 0 unspecified atom stereocenters. The smallest absolute Gasteiger partial charge is 0.315 e. The van der Waals surface area contributed by atoms with E-state index >= 15 is 0 Å². The summed E-state index contributed by atoms with van der Waals surface area (Å²) in [6.45, 7) is 0.338. The molecule has 0 radical (unpaired) electrons. The minimum Gasteiger partial charge on any atom is -0.492 e. The number of sulfonamides is 1. The van der Waals surface area contributed by atoms with Gasteiger partial charge in [-0.15, -0.1) is 0 Å². The van der Waals surface area contributed by atoms with Gasteiger partial charge in [0.1, 0.15) is 17.8 Å². The number of rotatable bonds is 5. The fourth-order valence-corrected chi connectivity index (χ4v) is 4.00. The van der Waals surface area contributed by atoms with E-state index in [9.17, 15) is 23.1 Å². The van der Waals surface area contributed by atoms with E-state index in [0.717, 1.165) is 11.8 Å². The van der Waals surface area contributed by atoms with Gasteiger partial charge in [-0.2, -0.15) is 0 Å². The number of nitrogens with one attached hydrogen (secondary N) is 1. The number of aliphatic carboxylic acids is 1. The third-order valence-corrected chi connectivity index (χ3v) is 5.53. The summed E-state index contributed by atoms with van der Waals surface area (Å²) in [6, 6.07) is 7.26. The van der Waals surface area contributed by atoms with Crippen molar-refractivity contribution in [1.29, 1.82) is 0 Å². The topological polar surface area (TPSA) is 113 Å². The Bertz CT molecular complexity index is 809. The third-order valence-electron chi connectivity index (χ3n) is 4.80. The molecular weight excluding hydrogens is 348 g/mol. The van der Waals surface area contributed by atoms with Gasteiger partial charge in [0.2, 0.25) is 15.9 Å². The minimum absolute atomic E-state index is 0.00794. The van der Waals surface area contributed by atoms with Gasteiger partial charge in [-0.05, 0) is 6.07 Å². The van der Waals surface area contributed by atoms with E-state index in [1.54, 1.807) is 6.07 Å². The Morgan fingerprint density at radius 2 is 2.12 bits per heavy atom. The number of amides is 1. The Labute approximate surface area is 145 Å². The van der Waals surface area contributed by atoms with Crippen LogP contribution in [0.25, 0.3) is 0 Å². The van der Waals surface area contributed by atoms with Gasteiger partial charge in [-0.3, -0.25) is 9.59 Å². The number of hydrogen-bond acceptors (Lipinski definition) is 5. The minimum atomic E-state index is -3.36. The van der Waals surface area contributed by atoms with E-state index in [0.29, 0.717) is 5.75 Å². The monoisotopic (exact) mass is 368 g/mol. The first-order chi connectivity index (χ1) is 11.7. The van der Waals surface area contributed by atoms with Crippen LogP contribution in [0.4, 0.5) is 0 Å². The second kappa shape index (κ2) is 6.30. The molecule has 0 bridgehead atoms. The highest BCUT2D eigenvalue weighted by Crippen LogP contribution is 2.49. The lowest BCUT2D eigenvalue weighted by Crippen LogP contribution is -2.46. The number of benzene rings is 1. The summed E-state index contributed by atoms with van der Waals surface area (Å²) in [5.41, 5.74) is -0.380. The zero-order chi connectivity index (χ0) is 18.2. The fourth-order valence-electron chi connectivity index (χ4n) is 3.53. The molecule has 1 aromatic rings. The lowest BCUT2D eigenvalue weighted by molar-refractivity contribution is -0.152. The van der Waals surface area contributed by atoms with Gasteiger partial charge in [0.25, 0.3) is 0 Å². The first-order valence-corrected chi connectivity index (χ1v) is 9.79. The van der Waals surface area contributed by atoms with Crippen LogP contribution in [0.1, 0.15) is 17.9 Å². The van der Waals surface area contributed by atoms with E-state index in [-0.39, 0.29) is 44.5 Å². The van der Waals surface area contributed by atoms with Gasteiger partial charge < -0.3 is 14.7 Å². The maximum atomic E-state index is 12.4. The van der Waals surface area contributed by atoms with Gasteiger partial charge in [-0.1, -0.05) is 18.2 Å². The third kappa shape index (κ3) is 3.34. The van der Waals surface area contributed by atoms with Gasteiger partial charge in [0.15, 0.2) is 0 Å². The molecule has 1 saturated heterocycles. The Kier molecular flexibility index (Phi) is 4.46. The number of nitrogens with zero attached hydrogens (tertiary/aromatic N) is 1. The summed E-state index contributed by atoms with van der Waals surface area (Å²) < 4.78 is 30.1. The molecular formula is C16H20N2O6S. The van der Waals surface area contributed by atoms with Gasteiger partial charge >= 0.3 is 5.97 Å². The zero-order valence-electron chi connectivity index (χ0n) is 13.8. The normalized spacial score (nSPS) is 25.0. The number of carbonyl (C=O) groups is 2. The van der Waals surface area contributed by atoms with Gasteiger partial charge in [0, 0.05) is 37.5 Å². The highest BCUT2D eigenvalue weighted by Gasteiger charge is 2.57. The Balaban J connectivity index is 1.79. The average molecular weight is 368 g/mol. The van der Waals surface area contributed by atoms with Crippen molar-refractivity contribution < 1.29 is 27.9 Å². The van der Waals surface area contributed by atoms with E-state index in [4.69, 9.17) is 4.74 Å². The number of ether oxygens (including phenoxy) is 1. The van der Waals surface area contributed by atoms with Crippen LogP contribution in [0.3, 0.4) is 0 Å². The van der Waals surface area contributed by atoms with Crippen LogP contribution < -0.4 is 9.46 Å². The van der Waals surface area contributed by atoms with E-state index < -0.39 is 21.4 Å². The van der Waals surface area contributed by atoms with Crippen LogP contribution in [-0.2, 0) is 19.6 Å². The number of carboxylic acid groups (broad SMARTS) is 1. The van der Waals surface area contributed by atoms with Crippen molar-refractivity contribution in [2.45, 2.75) is 12.3 Å². The molecule has 25 heavy (non-hydrogen) atoms. The molecule has 0 saturated carbocycles. The largest absolute Gasteiger partial charge is 0.492 e. The predicted molar refractivity (Wildman–Crippen MR) is 88.8 cm³/mol. The molecule has 1 fully saturated rings. The van der Waals surface area contributed by atoms with E-state index in [1.165, 1.54) is 4.90 Å². The molecule has 2 aliphatic heterocycles. The number of para-hydroxylation sites is 1. The number of likely N-dealkylation sites (tertiary alicyclic amines) is 1. The summed E-state index contributed by atoms with van der Waals surface area (Å²) in [4.78, 5) is 25.9. The predicted octanol–water partition coefficient (Wildman–Crippen LogP) is 0.0151. The standard InChI is InChI=1S/C16H20N2O6S/c1-25(22,23)17-7-6-14(19)18-8-12-11-4-2-3-5-13(11)24-10-16(12,9-18)15(20)21/h2-5,12,17H,6-10H2,1H3,(H,20,21)/t12-,16-/m1/s1. The molecule has 2 heterocycles. The summed E-state index contributed by atoms with van der Waals surface area (Å²) in [5, 5.41) is 9.80. The lowest BCUT2D eigenvalue weighted by atomic mass is 9.73. The van der Waals surface area contributed by atoms with Crippen LogP contribution in [-0.4, -0.2) is 62.8 Å². The highest BCUT2D eigenvalue weighted by atomic mass is 32.2. The first-order valence-electron chi connectivity index (χ1n) is 7.90. The Hall–Kier alpha value is -2.13. The van der Waals surface area contributed by atoms with Crippen LogP contribution in [0.5, 0.6) is 5.75 Å². The summed E-state index contributed by atoms with van der Waals surface area (Å²) in [5.74, 6) is -0.959. The molecule has 8 nitrogen and oxygen atoms in total. The van der Waals surface area contributed by atoms with Crippen molar-refractivity contribution in [2.75, 3.05) is 32.5 Å². The van der Waals surface area contributed by atoms with Gasteiger partial charge in [0.05, 0.1) is 6.26 Å². The summed E-state index contributed by atoms with van der Waals surface area (Å²) in [7, 11) is -3.36. The second-order valence-corrected chi connectivity index (χ2v) is 8.36. The number of fused-ring (bicyclic) bond motifs is 3. The molecule has 1 amide bonds. The molecule has 0 aromatic heterocycles. The van der Waals surface area contributed by atoms with Gasteiger partial charge in [-0.25, -0.2) is 13.1 Å². The second-order valence-electron chi connectivity index (χ2n) is 6.53. The SMILES string of the molecule is CS(=O)(=O)NCCC(=O)N1C[C@@H]2c3ccccc3OC[C@]2(C(=O)O)C1. The molecule has 136 valence electrons. The molecule has 0 aliphatic carbocycles. The van der Waals surface area contributed by atoms with E-state index in [1.807, 2.05) is 18.2 Å². The maximum Gasteiger partial charge on any atom is 0.315 e. The highest BCUT2D eigenvalue weighted by molar-refractivity contribution is 7.88. The molecule has 2 N–H and O–H groups in total. The lowest BCUT2D eigenvalue weighted by Gasteiger charge is -2.35. The molecule has 9 heteroatoms. The summed E-state index contributed by atoms with van der Waals surface area (Å²) >= 11 is 0. The summed E-state index contributed by atoms with van der Waals surface area (Å²) in [6.07, 6.45) is 1.01. The van der Waals surface area contributed by atoms with Crippen molar-refractivity contribution in [3.8, 4) is 5.75 Å². The molecule has 2 atom stereocenters. The van der Waals surface area contributed by atoms with Crippen LogP contribution >= 0.6 is 0 Å². The number of carbonyl (C=O) groups excluding carboxylic acids is 1. The Morgan fingerprint density at radius 1 is 1.40 bits per heavy atom. The van der Waals surface area contributed by atoms with Crippen LogP contribution in [0, 0.1) is 5.41 Å². The fraction of sp³-hybridized carbons (Fsp3) is 0.500. The van der Waals surface area contributed by atoms with Crippen molar-refractivity contribution in [2.24, 2.45) is 5.41 Å². The number of hydrogen-bond donors (Lipinski definition) is 2. The molecule has 1 aromatic carbocycles. The molecule has 2 aliphatic rings. The molecule has 0 spiro atoms. The van der Waals surface area contributed by atoms with Crippen molar-refractivity contribution in [3.63, 3.8) is 0 Å². The quantitative estimate of drug-likeness (QED) is 0.757. The maximum absolute atomic E-state index is 12.4. The first kappa shape index (κ1) is 17.7. The van der Waals surface area contributed by atoms with E-state index in [2.05, 4.69) is 4.72 Å². The van der Waals surface area contributed by atoms with Crippen LogP contribution in [0.15, 0.2) is 24.3 Å². The van der Waals surface area contributed by atoms with Crippen LogP contribution in [0.2, 0.25) is 0 Å². The average Bonchev–Trinajstić information content (AvgIpc) is 2.95. The van der Waals surface area contributed by atoms with Crippen molar-refractivity contribution in [3.05, 3.63) is 29.8 Å².